The van der Waals surface area contributed by atoms with Crippen LogP contribution in [-0.4, -0.2) is 11.2 Å². The van der Waals surface area contributed by atoms with Gasteiger partial charge in [0.15, 0.2) is 0 Å². The molecule has 1 aliphatic heterocycles. The zero-order chi connectivity index (χ0) is 15.5. The van der Waals surface area contributed by atoms with Gasteiger partial charge in [0.25, 0.3) is 0 Å². The fraction of sp³-hybridized carbons (Fsp3) is 0.800. The van der Waals surface area contributed by atoms with Crippen molar-refractivity contribution in [2.45, 2.75) is 84.3 Å². The van der Waals surface area contributed by atoms with Crippen LogP contribution >= 0.6 is 0 Å². The van der Waals surface area contributed by atoms with Crippen molar-refractivity contribution in [3.63, 3.8) is 0 Å². The predicted octanol–water partition coefficient (Wildman–Crippen LogP) is 5.66. The Labute approximate surface area is 130 Å². The van der Waals surface area contributed by atoms with E-state index in [9.17, 15) is 0 Å². The third kappa shape index (κ3) is 2.15. The highest BCUT2D eigenvalue weighted by molar-refractivity contribution is 5.33. The van der Waals surface area contributed by atoms with Gasteiger partial charge in [0.1, 0.15) is 0 Å². The number of rotatable bonds is 1. The van der Waals surface area contributed by atoms with Gasteiger partial charge in [-0.2, -0.15) is 0 Å². The van der Waals surface area contributed by atoms with Gasteiger partial charge in [-0.15, -0.1) is 6.58 Å². The fourth-order valence-corrected chi connectivity index (χ4v) is 5.85. The van der Waals surface area contributed by atoms with Gasteiger partial charge in [-0.1, -0.05) is 39.3 Å². The number of fused-ring (bicyclic) bond motifs is 3. The largest absolute Gasteiger partial charge is 0.360 e. The average molecular weight is 288 g/mol. The van der Waals surface area contributed by atoms with Crippen molar-refractivity contribution >= 4 is 0 Å². The van der Waals surface area contributed by atoms with Crippen LogP contribution in [-0.2, 0) is 4.74 Å². The van der Waals surface area contributed by atoms with Gasteiger partial charge < -0.3 is 4.74 Å². The minimum Gasteiger partial charge on any atom is -0.360 e. The number of ether oxygens (including phenoxy) is 1. The van der Waals surface area contributed by atoms with Gasteiger partial charge in [0.2, 0.25) is 0 Å². The third-order valence-corrected chi connectivity index (χ3v) is 6.93. The van der Waals surface area contributed by atoms with Crippen molar-refractivity contribution in [1.82, 2.24) is 0 Å². The first-order valence-corrected chi connectivity index (χ1v) is 8.70. The summed E-state index contributed by atoms with van der Waals surface area (Å²) in [6, 6.07) is 0. The van der Waals surface area contributed by atoms with Crippen molar-refractivity contribution in [2.24, 2.45) is 16.7 Å². The van der Waals surface area contributed by atoms with Crippen LogP contribution in [0.1, 0.15) is 73.1 Å². The highest BCUT2D eigenvalue weighted by Crippen LogP contribution is 2.64. The van der Waals surface area contributed by atoms with Crippen LogP contribution in [0, 0.1) is 16.7 Å². The molecular formula is C20H32O. The molecule has 3 rings (SSSR count). The second-order valence-electron chi connectivity index (χ2n) is 9.02. The molecule has 0 spiro atoms. The summed E-state index contributed by atoms with van der Waals surface area (Å²) in [7, 11) is 0. The van der Waals surface area contributed by atoms with E-state index in [1.807, 2.05) is 6.08 Å². The summed E-state index contributed by atoms with van der Waals surface area (Å²) in [5.74, 6) is 0.801. The Morgan fingerprint density at radius 1 is 1.14 bits per heavy atom. The third-order valence-electron chi connectivity index (χ3n) is 6.93. The SMILES string of the molecule is C=C[C@]1(C)CC=C2[C@](C)(CC[C@H]3C(C)(C)CCC[C@]23C)O1. The molecule has 0 aromatic rings. The Kier molecular flexibility index (Phi) is 3.27. The second kappa shape index (κ2) is 4.47. The molecule has 3 aliphatic rings. The van der Waals surface area contributed by atoms with E-state index in [0.29, 0.717) is 10.8 Å². The zero-order valence-corrected chi connectivity index (χ0v) is 14.6. The summed E-state index contributed by atoms with van der Waals surface area (Å²) in [5, 5.41) is 0. The summed E-state index contributed by atoms with van der Waals surface area (Å²) in [5.41, 5.74) is 2.12. The zero-order valence-electron chi connectivity index (χ0n) is 14.6. The summed E-state index contributed by atoms with van der Waals surface area (Å²) in [6.07, 6.45) is 12.0. The normalized spacial score (nSPS) is 48.8. The Balaban J connectivity index is 2.04. The molecule has 0 aromatic carbocycles. The molecule has 0 N–H and O–H groups in total. The minimum atomic E-state index is -0.189. The molecule has 1 heterocycles. The summed E-state index contributed by atoms with van der Waals surface area (Å²) < 4.78 is 6.61. The molecule has 2 fully saturated rings. The molecule has 0 amide bonds. The molecule has 21 heavy (non-hydrogen) atoms. The van der Waals surface area contributed by atoms with Crippen LogP contribution in [0.4, 0.5) is 0 Å². The number of hydrogen-bond acceptors (Lipinski definition) is 1. The summed E-state index contributed by atoms with van der Waals surface area (Å²) in [4.78, 5) is 0. The monoisotopic (exact) mass is 288 g/mol. The van der Waals surface area contributed by atoms with E-state index in [4.69, 9.17) is 4.74 Å². The quantitative estimate of drug-likeness (QED) is 0.565. The Morgan fingerprint density at radius 3 is 2.52 bits per heavy atom. The van der Waals surface area contributed by atoms with Crippen LogP contribution in [0.15, 0.2) is 24.3 Å². The molecule has 0 saturated heterocycles. The van der Waals surface area contributed by atoms with Crippen molar-refractivity contribution in [3.05, 3.63) is 24.3 Å². The van der Waals surface area contributed by atoms with Crippen molar-refractivity contribution in [3.8, 4) is 0 Å². The smallest absolute Gasteiger partial charge is 0.0880 e. The van der Waals surface area contributed by atoms with Gasteiger partial charge >= 0.3 is 0 Å². The molecule has 2 saturated carbocycles. The van der Waals surface area contributed by atoms with E-state index in [2.05, 4.69) is 47.3 Å². The predicted molar refractivity (Wildman–Crippen MR) is 89.3 cm³/mol. The fourth-order valence-electron chi connectivity index (χ4n) is 5.85. The Hall–Kier alpha value is -0.560. The topological polar surface area (TPSA) is 9.23 Å². The molecule has 0 unspecified atom stereocenters. The van der Waals surface area contributed by atoms with Gasteiger partial charge in [0, 0.05) is 0 Å². The molecule has 1 nitrogen and oxygen atoms in total. The van der Waals surface area contributed by atoms with E-state index >= 15 is 0 Å². The lowest BCUT2D eigenvalue weighted by Crippen LogP contribution is -2.57. The number of hydrogen-bond donors (Lipinski definition) is 0. The Bertz CT molecular complexity index is 488. The molecular weight excluding hydrogens is 256 g/mol. The van der Waals surface area contributed by atoms with E-state index < -0.39 is 0 Å². The van der Waals surface area contributed by atoms with E-state index in [1.54, 1.807) is 5.57 Å². The van der Waals surface area contributed by atoms with Gasteiger partial charge in [-0.05, 0) is 68.3 Å². The lowest BCUT2D eigenvalue weighted by molar-refractivity contribution is -0.151. The maximum Gasteiger partial charge on any atom is 0.0880 e. The molecule has 118 valence electrons. The van der Waals surface area contributed by atoms with Crippen molar-refractivity contribution in [1.29, 1.82) is 0 Å². The lowest BCUT2D eigenvalue weighted by atomic mass is 9.47. The van der Waals surface area contributed by atoms with Crippen LogP contribution in [0.5, 0.6) is 0 Å². The molecule has 0 bridgehead atoms. The highest BCUT2D eigenvalue weighted by Gasteiger charge is 2.57. The maximum absolute atomic E-state index is 6.61. The maximum atomic E-state index is 6.61. The van der Waals surface area contributed by atoms with Gasteiger partial charge in [-0.3, -0.25) is 0 Å². The van der Waals surface area contributed by atoms with Gasteiger partial charge in [-0.25, -0.2) is 0 Å². The van der Waals surface area contributed by atoms with Crippen molar-refractivity contribution in [2.75, 3.05) is 0 Å². The molecule has 4 atom stereocenters. The lowest BCUT2D eigenvalue weighted by Gasteiger charge is -2.61. The molecule has 0 aromatic heterocycles. The summed E-state index contributed by atoms with van der Waals surface area (Å²) >= 11 is 0. The van der Waals surface area contributed by atoms with E-state index in [-0.39, 0.29) is 11.2 Å². The summed E-state index contributed by atoms with van der Waals surface area (Å²) in [6.45, 7) is 16.0. The minimum absolute atomic E-state index is 0.0835. The first-order chi connectivity index (χ1) is 9.65. The Morgan fingerprint density at radius 2 is 1.86 bits per heavy atom. The van der Waals surface area contributed by atoms with Crippen LogP contribution in [0.25, 0.3) is 0 Å². The molecule has 2 aliphatic carbocycles. The van der Waals surface area contributed by atoms with E-state index in [0.717, 1.165) is 18.8 Å². The van der Waals surface area contributed by atoms with Gasteiger partial charge in [0.05, 0.1) is 11.2 Å². The average Bonchev–Trinajstić information content (AvgIpc) is 2.36. The second-order valence-corrected chi connectivity index (χ2v) is 9.02. The highest BCUT2D eigenvalue weighted by atomic mass is 16.5. The standard InChI is InChI=1S/C20H32O/c1-7-18(4)13-9-16-19(5)12-8-11-17(2,3)15(19)10-14-20(16,6)21-18/h7,9,15H,1,8,10-14H2,2-6H3/t15-,18+,19-,20-/m0/s1. The van der Waals surface area contributed by atoms with Crippen LogP contribution < -0.4 is 0 Å². The molecule has 1 heteroatoms. The first kappa shape index (κ1) is 15.3. The first-order valence-electron chi connectivity index (χ1n) is 8.70. The van der Waals surface area contributed by atoms with Crippen LogP contribution in [0.3, 0.4) is 0 Å². The van der Waals surface area contributed by atoms with E-state index in [1.165, 1.54) is 25.7 Å². The molecule has 0 radical (unpaired) electrons. The van der Waals surface area contributed by atoms with Crippen molar-refractivity contribution < 1.29 is 4.74 Å². The van der Waals surface area contributed by atoms with Crippen LogP contribution in [0.2, 0.25) is 0 Å².